The van der Waals surface area contributed by atoms with Crippen molar-refractivity contribution in [2.24, 2.45) is 4.99 Å². The van der Waals surface area contributed by atoms with E-state index >= 15 is 0 Å². The molecule has 2 aromatic carbocycles. The molecule has 2 N–H and O–H groups in total. The van der Waals surface area contributed by atoms with Crippen LogP contribution in [-0.4, -0.2) is 50.2 Å². The van der Waals surface area contributed by atoms with E-state index in [0.717, 1.165) is 33.8 Å². The number of aromatic nitrogens is 3. The number of carbonyl (C=O) groups is 2. The number of urea groups is 1. The molecule has 5 heterocycles. The number of pyridine rings is 1. The van der Waals surface area contributed by atoms with Gasteiger partial charge in [0.25, 0.3) is 0 Å². The number of hydrogen-bond donors (Lipinski definition) is 2. The number of benzene rings is 2. The summed E-state index contributed by atoms with van der Waals surface area (Å²) < 4.78 is 2.07. The average molecular weight is 518 g/mol. The number of anilines is 1. The number of aryl methyl sites for hydroxylation is 1. The molecule has 3 amide bonds. The highest BCUT2D eigenvalue weighted by atomic mass is 16.2. The fraction of sp³-hybridized carbons (Fsp3) is 0.233. The summed E-state index contributed by atoms with van der Waals surface area (Å²) in [4.78, 5) is 42.5. The zero-order valence-electron chi connectivity index (χ0n) is 21.5. The molecule has 1 spiro atoms. The minimum Gasteiger partial charge on any atom is -0.325 e. The second kappa shape index (κ2) is 8.90. The zero-order chi connectivity index (χ0) is 26.6. The summed E-state index contributed by atoms with van der Waals surface area (Å²) >= 11 is 0. The molecule has 0 radical (unpaired) electrons. The second-order valence-electron chi connectivity index (χ2n) is 10.2. The van der Waals surface area contributed by atoms with Crippen LogP contribution in [0.2, 0.25) is 0 Å². The highest BCUT2D eigenvalue weighted by Crippen LogP contribution is 2.44. The van der Waals surface area contributed by atoms with Gasteiger partial charge in [0.1, 0.15) is 5.82 Å². The van der Waals surface area contributed by atoms with E-state index < -0.39 is 11.6 Å². The van der Waals surface area contributed by atoms with Gasteiger partial charge in [-0.1, -0.05) is 54.6 Å². The highest BCUT2D eigenvalue weighted by molar-refractivity contribution is 6.15. The molecule has 1 fully saturated rings. The van der Waals surface area contributed by atoms with E-state index in [-0.39, 0.29) is 11.9 Å². The Kier molecular flexibility index (Phi) is 5.33. The van der Waals surface area contributed by atoms with Crippen molar-refractivity contribution in [3.8, 4) is 5.69 Å². The lowest BCUT2D eigenvalue weighted by atomic mass is 9.74. The van der Waals surface area contributed by atoms with E-state index in [1.165, 1.54) is 0 Å². The minimum atomic E-state index is -0.690. The van der Waals surface area contributed by atoms with Crippen LogP contribution >= 0.6 is 0 Å². The molecular weight excluding hydrogens is 490 g/mol. The van der Waals surface area contributed by atoms with E-state index in [1.807, 2.05) is 67.7 Å². The summed E-state index contributed by atoms with van der Waals surface area (Å²) in [5.74, 6) is 1.25. The van der Waals surface area contributed by atoms with Crippen molar-refractivity contribution in [3.63, 3.8) is 0 Å². The molecule has 0 saturated carbocycles. The predicted octanol–water partition coefficient (Wildman–Crippen LogP) is 4.12. The maximum Gasteiger partial charge on any atom is 0.319 e. The summed E-state index contributed by atoms with van der Waals surface area (Å²) in [6, 6.07) is 21.7. The number of likely N-dealkylation sites (tertiary alicyclic amines) is 1. The first kappa shape index (κ1) is 23.3. The van der Waals surface area contributed by atoms with Gasteiger partial charge in [-0.25, -0.2) is 14.8 Å². The van der Waals surface area contributed by atoms with Gasteiger partial charge < -0.3 is 15.5 Å². The number of aliphatic imine (C=N–C) groups is 1. The van der Waals surface area contributed by atoms with E-state index in [0.29, 0.717) is 37.6 Å². The number of nitrogens with zero attached hydrogens (tertiary/aromatic N) is 5. The van der Waals surface area contributed by atoms with E-state index in [1.54, 1.807) is 11.1 Å². The van der Waals surface area contributed by atoms with Crippen LogP contribution < -0.4 is 10.6 Å². The van der Waals surface area contributed by atoms with Crippen LogP contribution in [0.25, 0.3) is 5.69 Å². The minimum absolute atomic E-state index is 0.0348. The van der Waals surface area contributed by atoms with Gasteiger partial charge in [0.15, 0.2) is 12.0 Å². The molecule has 9 nitrogen and oxygen atoms in total. The van der Waals surface area contributed by atoms with Crippen molar-refractivity contribution >= 4 is 23.5 Å². The van der Waals surface area contributed by atoms with E-state index in [9.17, 15) is 9.59 Å². The van der Waals surface area contributed by atoms with Gasteiger partial charge in [0.05, 0.1) is 16.8 Å². The maximum atomic E-state index is 13.6. The topological polar surface area (TPSA) is 105 Å². The highest BCUT2D eigenvalue weighted by Gasteiger charge is 2.49. The Hall–Kier alpha value is -4.79. The molecule has 2 aromatic heterocycles. The summed E-state index contributed by atoms with van der Waals surface area (Å²) in [5, 5.41) is 6.06. The molecule has 4 aromatic rings. The maximum absolute atomic E-state index is 13.6. The molecule has 7 rings (SSSR count). The number of hydrogen-bond acceptors (Lipinski definition) is 5. The largest absolute Gasteiger partial charge is 0.325 e. The monoisotopic (exact) mass is 517 g/mol. The third-order valence-corrected chi connectivity index (χ3v) is 8.07. The number of para-hydroxylation sites is 1. The summed E-state index contributed by atoms with van der Waals surface area (Å²) in [5.41, 5.74) is 4.95. The Bertz CT molecular complexity index is 1630. The van der Waals surface area contributed by atoms with Crippen molar-refractivity contribution in [1.29, 1.82) is 0 Å². The predicted molar refractivity (Wildman–Crippen MR) is 147 cm³/mol. The summed E-state index contributed by atoms with van der Waals surface area (Å²) in [6.07, 6.45) is 3.87. The molecule has 0 aliphatic carbocycles. The third-order valence-electron chi connectivity index (χ3n) is 8.07. The summed E-state index contributed by atoms with van der Waals surface area (Å²) in [6.45, 7) is 2.90. The molecule has 39 heavy (non-hydrogen) atoms. The smallest absolute Gasteiger partial charge is 0.319 e. The van der Waals surface area contributed by atoms with Crippen LogP contribution in [0.15, 0.2) is 84.1 Å². The van der Waals surface area contributed by atoms with Crippen molar-refractivity contribution in [2.75, 3.05) is 18.4 Å². The Balaban J connectivity index is 1.20. The van der Waals surface area contributed by atoms with Crippen molar-refractivity contribution < 1.29 is 9.59 Å². The number of piperidine rings is 1. The van der Waals surface area contributed by atoms with Gasteiger partial charge >= 0.3 is 6.03 Å². The van der Waals surface area contributed by atoms with Gasteiger partial charge in [0.2, 0.25) is 5.91 Å². The van der Waals surface area contributed by atoms with Crippen LogP contribution in [0.5, 0.6) is 0 Å². The Morgan fingerprint density at radius 3 is 2.59 bits per heavy atom. The van der Waals surface area contributed by atoms with E-state index in [2.05, 4.69) is 37.3 Å². The number of carbonyl (C=O) groups excluding carboxylic acids is 2. The molecule has 9 heteroatoms. The number of amides is 3. The number of imidazole rings is 1. The molecular formula is C30H27N7O2. The SMILES string of the molecule is Cc1cnc2n1-c1ccccc1C(c1ccccc1)=NC2NC(=O)N1CCC2(CC1)C(=O)Nc1ncccc12. The first-order valence-electron chi connectivity index (χ1n) is 13.1. The molecule has 3 aliphatic rings. The Morgan fingerprint density at radius 1 is 1.00 bits per heavy atom. The molecule has 0 bridgehead atoms. The van der Waals surface area contributed by atoms with Gasteiger partial charge in [-0.15, -0.1) is 0 Å². The normalized spacial score (nSPS) is 18.9. The van der Waals surface area contributed by atoms with Crippen molar-refractivity contribution in [2.45, 2.75) is 31.3 Å². The summed E-state index contributed by atoms with van der Waals surface area (Å²) in [7, 11) is 0. The zero-order valence-corrected chi connectivity index (χ0v) is 21.5. The Morgan fingerprint density at radius 2 is 1.77 bits per heavy atom. The first-order valence-corrected chi connectivity index (χ1v) is 13.1. The fourth-order valence-corrected chi connectivity index (χ4v) is 6.05. The lowest BCUT2D eigenvalue weighted by molar-refractivity contribution is -0.122. The van der Waals surface area contributed by atoms with E-state index in [4.69, 9.17) is 4.99 Å². The van der Waals surface area contributed by atoms with Gasteiger partial charge in [0, 0.05) is 47.9 Å². The molecule has 1 atom stereocenters. The molecule has 194 valence electrons. The quantitative estimate of drug-likeness (QED) is 0.417. The van der Waals surface area contributed by atoms with Crippen LogP contribution in [0, 0.1) is 6.92 Å². The lowest BCUT2D eigenvalue weighted by Crippen LogP contribution is -2.51. The van der Waals surface area contributed by atoms with Crippen LogP contribution in [-0.2, 0) is 10.2 Å². The van der Waals surface area contributed by atoms with Gasteiger partial charge in [-0.2, -0.15) is 0 Å². The lowest BCUT2D eigenvalue weighted by Gasteiger charge is -2.38. The Labute approximate surface area is 225 Å². The second-order valence-corrected chi connectivity index (χ2v) is 10.2. The number of fused-ring (bicyclic) bond motifs is 5. The van der Waals surface area contributed by atoms with Crippen LogP contribution in [0.3, 0.4) is 0 Å². The van der Waals surface area contributed by atoms with Crippen LogP contribution in [0.4, 0.5) is 10.6 Å². The fourth-order valence-electron chi connectivity index (χ4n) is 6.05. The number of rotatable bonds is 2. The number of nitrogens with one attached hydrogen (secondary N) is 2. The first-order chi connectivity index (χ1) is 19.0. The third kappa shape index (κ3) is 3.64. The average Bonchev–Trinajstić information content (AvgIpc) is 3.43. The van der Waals surface area contributed by atoms with Crippen LogP contribution in [0.1, 0.15) is 47.2 Å². The molecule has 1 saturated heterocycles. The van der Waals surface area contributed by atoms with Crippen molar-refractivity contribution in [1.82, 2.24) is 24.8 Å². The molecule has 3 aliphatic heterocycles. The van der Waals surface area contributed by atoms with Gasteiger partial charge in [-0.05, 0) is 31.9 Å². The van der Waals surface area contributed by atoms with Crippen molar-refractivity contribution in [3.05, 3.63) is 107 Å². The molecule has 1 unspecified atom stereocenters. The standard InChI is InChI=1S/C30H27N7O2/c1-19-18-32-27-26(33-24(20-8-3-2-4-9-20)21-10-5-6-12-23(21)37(19)27)35-29(39)36-16-13-30(14-17-36)22-11-7-15-31-25(22)34-28(30)38/h2-12,15,18,26H,13-14,16-17H2,1H3,(H,35,39)(H,31,34,38). The van der Waals surface area contributed by atoms with Gasteiger partial charge in [-0.3, -0.25) is 14.4 Å².